The van der Waals surface area contributed by atoms with Crippen LogP contribution in [0.2, 0.25) is 0 Å². The predicted molar refractivity (Wildman–Crippen MR) is 90.3 cm³/mol. The highest BCUT2D eigenvalue weighted by Gasteiger charge is 2.32. The molecule has 2 atom stereocenters. The van der Waals surface area contributed by atoms with Gasteiger partial charge in [-0.2, -0.15) is 0 Å². The van der Waals surface area contributed by atoms with Crippen molar-refractivity contribution in [1.29, 1.82) is 0 Å². The van der Waals surface area contributed by atoms with Gasteiger partial charge >= 0.3 is 5.97 Å². The molecule has 6 heteroatoms. The van der Waals surface area contributed by atoms with E-state index in [2.05, 4.69) is 5.32 Å². The third kappa shape index (κ3) is 5.21. The third-order valence-electron chi connectivity index (χ3n) is 5.17. The van der Waals surface area contributed by atoms with E-state index in [1.807, 2.05) is 18.7 Å². The van der Waals surface area contributed by atoms with Gasteiger partial charge in [-0.1, -0.05) is 20.3 Å². The Morgan fingerprint density at radius 2 is 1.71 bits per heavy atom. The number of carbonyl (C=O) groups excluding carboxylic acids is 2. The second kappa shape index (κ2) is 8.49. The van der Waals surface area contributed by atoms with Gasteiger partial charge in [0.2, 0.25) is 11.8 Å². The Labute approximate surface area is 144 Å². The van der Waals surface area contributed by atoms with E-state index in [1.54, 1.807) is 0 Å². The van der Waals surface area contributed by atoms with Crippen LogP contribution in [0.4, 0.5) is 0 Å². The molecule has 2 N–H and O–H groups in total. The first kappa shape index (κ1) is 18.7. The lowest BCUT2D eigenvalue weighted by molar-refractivity contribution is -0.144. The first-order valence-corrected chi connectivity index (χ1v) is 9.17. The van der Waals surface area contributed by atoms with Gasteiger partial charge in [-0.15, -0.1) is 0 Å². The molecule has 1 aliphatic carbocycles. The van der Waals surface area contributed by atoms with E-state index in [0.717, 1.165) is 25.7 Å². The molecule has 1 saturated heterocycles. The maximum absolute atomic E-state index is 12.4. The van der Waals surface area contributed by atoms with Crippen molar-refractivity contribution in [2.75, 3.05) is 13.1 Å². The Morgan fingerprint density at radius 3 is 2.29 bits per heavy atom. The second-order valence-corrected chi connectivity index (χ2v) is 7.66. The Bertz CT molecular complexity index is 470. The van der Waals surface area contributed by atoms with Gasteiger partial charge in [-0.25, -0.2) is 0 Å². The van der Waals surface area contributed by atoms with Crippen molar-refractivity contribution in [2.24, 2.45) is 17.8 Å². The molecule has 0 radical (unpaired) electrons. The molecule has 6 nitrogen and oxygen atoms in total. The second-order valence-electron chi connectivity index (χ2n) is 7.66. The van der Waals surface area contributed by atoms with E-state index in [9.17, 15) is 14.4 Å². The number of carboxylic acids is 1. The van der Waals surface area contributed by atoms with Crippen LogP contribution in [0.1, 0.15) is 58.8 Å². The van der Waals surface area contributed by atoms with Crippen LogP contribution in [-0.2, 0) is 14.4 Å². The molecule has 0 spiro atoms. The zero-order chi connectivity index (χ0) is 17.7. The van der Waals surface area contributed by atoms with E-state index in [-0.39, 0.29) is 29.7 Å². The van der Waals surface area contributed by atoms with Crippen molar-refractivity contribution in [3.63, 3.8) is 0 Å². The van der Waals surface area contributed by atoms with Crippen LogP contribution in [0.25, 0.3) is 0 Å². The van der Waals surface area contributed by atoms with E-state index < -0.39 is 5.97 Å². The Hall–Kier alpha value is -1.59. The molecule has 2 unspecified atom stereocenters. The van der Waals surface area contributed by atoms with Gasteiger partial charge in [-0.05, 0) is 38.0 Å². The van der Waals surface area contributed by atoms with Crippen molar-refractivity contribution in [3.8, 4) is 0 Å². The molecule has 1 aliphatic heterocycles. The van der Waals surface area contributed by atoms with Gasteiger partial charge in [0.05, 0.1) is 5.92 Å². The molecule has 1 saturated carbocycles. The average Bonchev–Trinajstić information content (AvgIpc) is 2.55. The summed E-state index contributed by atoms with van der Waals surface area (Å²) in [6, 6.07) is 0.103. The zero-order valence-corrected chi connectivity index (χ0v) is 14.8. The van der Waals surface area contributed by atoms with Gasteiger partial charge in [0.25, 0.3) is 0 Å². The quantitative estimate of drug-likeness (QED) is 0.803. The molecule has 2 fully saturated rings. The van der Waals surface area contributed by atoms with Crippen molar-refractivity contribution < 1.29 is 19.5 Å². The molecular formula is C18H30N2O4. The van der Waals surface area contributed by atoms with Crippen molar-refractivity contribution >= 4 is 17.8 Å². The molecule has 2 amide bonds. The van der Waals surface area contributed by atoms with Gasteiger partial charge in [-0.3, -0.25) is 14.4 Å². The fourth-order valence-electron chi connectivity index (χ4n) is 3.72. The molecular weight excluding hydrogens is 308 g/mol. The van der Waals surface area contributed by atoms with Gasteiger partial charge in [0.1, 0.15) is 0 Å². The molecule has 2 aliphatic rings. The monoisotopic (exact) mass is 338 g/mol. The van der Waals surface area contributed by atoms with Crippen molar-refractivity contribution in [2.45, 2.75) is 64.8 Å². The summed E-state index contributed by atoms with van der Waals surface area (Å²) < 4.78 is 0. The highest BCUT2D eigenvalue weighted by molar-refractivity contribution is 5.80. The molecule has 136 valence electrons. The fourth-order valence-corrected chi connectivity index (χ4v) is 3.72. The molecule has 0 aromatic rings. The topological polar surface area (TPSA) is 86.7 Å². The SMILES string of the molecule is CC(C)CC(=O)N1CCC(NC(=O)C2CCCC(C(=O)O)C2)CC1. The molecule has 0 aromatic carbocycles. The first-order chi connectivity index (χ1) is 11.4. The van der Waals surface area contributed by atoms with E-state index in [1.165, 1.54) is 0 Å². The summed E-state index contributed by atoms with van der Waals surface area (Å²) in [6.45, 7) is 5.47. The van der Waals surface area contributed by atoms with Gasteiger partial charge < -0.3 is 15.3 Å². The highest BCUT2D eigenvalue weighted by Crippen LogP contribution is 2.29. The maximum Gasteiger partial charge on any atom is 0.306 e. The summed E-state index contributed by atoms with van der Waals surface area (Å²) in [6.07, 6.45) is 4.85. The lowest BCUT2D eigenvalue weighted by atomic mass is 9.81. The minimum Gasteiger partial charge on any atom is -0.481 e. The molecule has 0 bridgehead atoms. The number of hydrogen-bond acceptors (Lipinski definition) is 3. The van der Waals surface area contributed by atoms with Crippen LogP contribution in [0.5, 0.6) is 0 Å². The Morgan fingerprint density at radius 1 is 1.08 bits per heavy atom. The van der Waals surface area contributed by atoms with Gasteiger partial charge in [0, 0.05) is 31.5 Å². The number of carboxylic acid groups (broad SMARTS) is 1. The van der Waals surface area contributed by atoms with E-state index in [0.29, 0.717) is 38.3 Å². The summed E-state index contributed by atoms with van der Waals surface area (Å²) in [5.41, 5.74) is 0. The lowest BCUT2D eigenvalue weighted by Gasteiger charge is -2.34. The van der Waals surface area contributed by atoms with Crippen LogP contribution < -0.4 is 5.32 Å². The van der Waals surface area contributed by atoms with Crippen LogP contribution in [0.3, 0.4) is 0 Å². The number of rotatable bonds is 5. The van der Waals surface area contributed by atoms with Crippen LogP contribution in [0, 0.1) is 17.8 Å². The maximum atomic E-state index is 12.4. The van der Waals surface area contributed by atoms with E-state index >= 15 is 0 Å². The number of nitrogens with zero attached hydrogens (tertiary/aromatic N) is 1. The summed E-state index contributed by atoms with van der Waals surface area (Å²) in [4.78, 5) is 37.5. The summed E-state index contributed by atoms with van der Waals surface area (Å²) in [5, 5.41) is 12.2. The van der Waals surface area contributed by atoms with Crippen molar-refractivity contribution in [1.82, 2.24) is 10.2 Å². The summed E-state index contributed by atoms with van der Waals surface area (Å²) in [5.74, 6) is -0.794. The third-order valence-corrected chi connectivity index (χ3v) is 5.17. The van der Waals surface area contributed by atoms with Crippen molar-refractivity contribution in [3.05, 3.63) is 0 Å². The zero-order valence-electron chi connectivity index (χ0n) is 14.8. The number of nitrogens with one attached hydrogen (secondary N) is 1. The standard InChI is InChI=1S/C18H30N2O4/c1-12(2)10-16(21)20-8-6-15(7-9-20)19-17(22)13-4-3-5-14(11-13)18(23)24/h12-15H,3-11H2,1-2H3,(H,19,22)(H,23,24). The smallest absolute Gasteiger partial charge is 0.306 e. The normalized spacial score (nSPS) is 25.5. The minimum absolute atomic E-state index is 0.00657. The molecule has 2 rings (SSSR count). The number of carbonyl (C=O) groups is 3. The molecule has 24 heavy (non-hydrogen) atoms. The fraction of sp³-hybridized carbons (Fsp3) is 0.833. The average molecular weight is 338 g/mol. The number of aliphatic carboxylic acids is 1. The largest absolute Gasteiger partial charge is 0.481 e. The minimum atomic E-state index is -0.788. The number of hydrogen-bond donors (Lipinski definition) is 2. The van der Waals surface area contributed by atoms with Crippen LogP contribution in [-0.4, -0.2) is 46.9 Å². The highest BCUT2D eigenvalue weighted by atomic mass is 16.4. The van der Waals surface area contributed by atoms with E-state index in [4.69, 9.17) is 5.11 Å². The van der Waals surface area contributed by atoms with Crippen LogP contribution in [0.15, 0.2) is 0 Å². The number of likely N-dealkylation sites (tertiary alicyclic amines) is 1. The summed E-state index contributed by atoms with van der Waals surface area (Å²) >= 11 is 0. The first-order valence-electron chi connectivity index (χ1n) is 9.17. The number of piperidine rings is 1. The van der Waals surface area contributed by atoms with Crippen LogP contribution >= 0.6 is 0 Å². The molecule has 1 heterocycles. The lowest BCUT2D eigenvalue weighted by Crippen LogP contribution is -2.48. The molecule has 0 aromatic heterocycles. The van der Waals surface area contributed by atoms with Gasteiger partial charge in [0.15, 0.2) is 0 Å². The summed E-state index contributed by atoms with van der Waals surface area (Å²) in [7, 11) is 0. The number of amides is 2. The Kier molecular flexibility index (Phi) is 6.63. The Balaban J connectivity index is 1.76. The predicted octanol–water partition coefficient (Wildman–Crippen LogP) is 2.03.